The molecule has 2 aromatic rings. The van der Waals surface area contributed by atoms with Gasteiger partial charge in [-0.2, -0.15) is 0 Å². The van der Waals surface area contributed by atoms with E-state index in [1.54, 1.807) is 18.3 Å². The van der Waals surface area contributed by atoms with Gasteiger partial charge in [0.15, 0.2) is 0 Å². The highest BCUT2D eigenvalue weighted by Gasteiger charge is 2.34. The molecule has 0 radical (unpaired) electrons. The Hall–Kier alpha value is -3.46. The summed E-state index contributed by atoms with van der Waals surface area (Å²) in [7, 11) is 1.30. The van der Waals surface area contributed by atoms with Crippen molar-refractivity contribution in [1.82, 2.24) is 20.5 Å². The summed E-state index contributed by atoms with van der Waals surface area (Å²) < 4.78 is 18.4. The molecule has 31 heavy (non-hydrogen) atoms. The minimum absolute atomic E-state index is 0.320. The van der Waals surface area contributed by atoms with Crippen LogP contribution in [0.15, 0.2) is 59.9 Å². The van der Waals surface area contributed by atoms with Crippen molar-refractivity contribution in [2.45, 2.75) is 6.04 Å². The van der Waals surface area contributed by atoms with Gasteiger partial charge in [0.2, 0.25) is 0 Å². The molecule has 0 saturated carbocycles. The van der Waals surface area contributed by atoms with Crippen LogP contribution in [-0.4, -0.2) is 61.7 Å². The minimum Gasteiger partial charge on any atom is -0.466 e. The molecule has 8 nitrogen and oxygen atoms in total. The van der Waals surface area contributed by atoms with E-state index in [0.717, 1.165) is 32.0 Å². The molecule has 1 fully saturated rings. The molecule has 1 atom stereocenters. The average molecular weight is 425 g/mol. The molecule has 0 aliphatic carbocycles. The molecular weight excluding hydrogens is 401 g/mol. The third kappa shape index (κ3) is 4.66. The smallest absolute Gasteiger partial charge is 0.338 e. The molecule has 1 aromatic carbocycles. The molecule has 3 heterocycles. The van der Waals surface area contributed by atoms with Crippen molar-refractivity contribution in [3.8, 4) is 0 Å². The van der Waals surface area contributed by atoms with E-state index < -0.39 is 23.9 Å². The quantitative estimate of drug-likeness (QED) is 0.711. The van der Waals surface area contributed by atoms with Gasteiger partial charge < -0.3 is 20.3 Å². The molecule has 2 aliphatic heterocycles. The number of esters is 1. The zero-order valence-electron chi connectivity index (χ0n) is 17.2. The monoisotopic (exact) mass is 425 g/mol. The second kappa shape index (κ2) is 9.13. The second-order valence-corrected chi connectivity index (χ2v) is 7.42. The molecule has 1 saturated heterocycles. The first kappa shape index (κ1) is 20.8. The molecule has 9 heteroatoms. The molecule has 162 valence electrons. The van der Waals surface area contributed by atoms with Gasteiger partial charge in [-0.3, -0.25) is 4.90 Å². The summed E-state index contributed by atoms with van der Waals surface area (Å²) in [5, 5.41) is 5.52. The number of hydrogen-bond acceptors (Lipinski definition) is 6. The van der Waals surface area contributed by atoms with Gasteiger partial charge in [0.05, 0.1) is 18.7 Å². The number of piperazine rings is 1. The number of pyridine rings is 1. The second-order valence-electron chi connectivity index (χ2n) is 7.42. The van der Waals surface area contributed by atoms with Gasteiger partial charge in [-0.25, -0.2) is 19.0 Å². The summed E-state index contributed by atoms with van der Waals surface area (Å²) in [6, 6.07) is 10.4. The number of nitrogens with zero attached hydrogens (tertiary/aromatic N) is 3. The predicted molar refractivity (Wildman–Crippen MR) is 113 cm³/mol. The summed E-state index contributed by atoms with van der Waals surface area (Å²) in [5.41, 5.74) is 1.42. The fourth-order valence-corrected chi connectivity index (χ4v) is 3.90. The Morgan fingerprint density at radius 3 is 2.55 bits per heavy atom. The molecule has 0 bridgehead atoms. The maximum Gasteiger partial charge on any atom is 0.338 e. The van der Waals surface area contributed by atoms with E-state index in [1.165, 1.54) is 19.2 Å². The number of anilines is 1. The van der Waals surface area contributed by atoms with Crippen LogP contribution >= 0.6 is 0 Å². The van der Waals surface area contributed by atoms with Crippen LogP contribution in [0.4, 0.5) is 15.0 Å². The van der Waals surface area contributed by atoms with Gasteiger partial charge in [-0.15, -0.1) is 0 Å². The first-order valence-electron chi connectivity index (χ1n) is 10.1. The predicted octanol–water partition coefficient (Wildman–Crippen LogP) is 1.82. The number of rotatable bonds is 5. The number of halogens is 1. The third-order valence-corrected chi connectivity index (χ3v) is 5.49. The van der Waals surface area contributed by atoms with Crippen LogP contribution in [0.25, 0.3) is 0 Å². The number of aromatic nitrogens is 1. The number of carbonyl (C=O) groups is 2. The van der Waals surface area contributed by atoms with Gasteiger partial charge in [0, 0.05) is 44.6 Å². The van der Waals surface area contributed by atoms with E-state index in [2.05, 4.69) is 25.4 Å². The number of ether oxygens (including phenoxy) is 1. The Morgan fingerprint density at radius 2 is 1.90 bits per heavy atom. The first-order valence-corrected chi connectivity index (χ1v) is 10.1. The molecule has 2 N–H and O–H groups in total. The Balaban J connectivity index is 1.54. The van der Waals surface area contributed by atoms with E-state index in [9.17, 15) is 14.0 Å². The number of carbonyl (C=O) groups excluding carboxylic acids is 2. The lowest BCUT2D eigenvalue weighted by atomic mass is 9.95. The van der Waals surface area contributed by atoms with Crippen LogP contribution in [0, 0.1) is 5.82 Å². The molecule has 1 aromatic heterocycles. The van der Waals surface area contributed by atoms with Gasteiger partial charge >= 0.3 is 12.0 Å². The SMILES string of the molecule is COC(=O)C1=C(CN2CCN(c3ccccn3)CC2)NC(=O)NC1c1ccc(F)cc1. The Morgan fingerprint density at radius 1 is 1.16 bits per heavy atom. The number of methoxy groups -OCH3 is 1. The van der Waals surface area contributed by atoms with Crippen molar-refractivity contribution >= 4 is 17.8 Å². The lowest BCUT2D eigenvalue weighted by molar-refractivity contribution is -0.136. The van der Waals surface area contributed by atoms with Crippen molar-refractivity contribution in [3.05, 3.63) is 71.3 Å². The molecular formula is C22H24FN5O3. The summed E-state index contributed by atoms with van der Waals surface area (Å²) in [4.78, 5) is 33.7. The Bertz CT molecular complexity index is 972. The number of urea groups is 1. The van der Waals surface area contributed by atoms with Crippen molar-refractivity contribution in [1.29, 1.82) is 0 Å². The summed E-state index contributed by atoms with van der Waals surface area (Å²) in [5.74, 6) is 0.00529. The Kier molecular flexibility index (Phi) is 6.13. The largest absolute Gasteiger partial charge is 0.466 e. The topological polar surface area (TPSA) is 86.8 Å². The standard InChI is InChI=1S/C22H24FN5O3/c1-31-21(29)19-17(25-22(30)26-20(19)15-5-7-16(23)8-6-15)14-27-10-12-28(13-11-27)18-4-2-3-9-24-18/h2-9,20H,10-14H2,1H3,(H2,25,26,30). The molecule has 0 spiro atoms. The number of amides is 2. The van der Waals surface area contributed by atoms with Crippen molar-refractivity contribution in [3.63, 3.8) is 0 Å². The normalized spacial score (nSPS) is 19.6. The van der Waals surface area contributed by atoms with E-state index in [-0.39, 0.29) is 0 Å². The number of benzene rings is 1. The van der Waals surface area contributed by atoms with Gasteiger partial charge in [-0.05, 0) is 29.8 Å². The van der Waals surface area contributed by atoms with Crippen molar-refractivity contribution in [2.75, 3.05) is 44.7 Å². The van der Waals surface area contributed by atoms with E-state index in [0.29, 0.717) is 23.4 Å². The number of nitrogens with one attached hydrogen (secondary N) is 2. The minimum atomic E-state index is -0.716. The van der Waals surface area contributed by atoms with Crippen LogP contribution in [0.1, 0.15) is 11.6 Å². The molecule has 2 aliphatic rings. The van der Waals surface area contributed by atoms with E-state index in [4.69, 9.17) is 4.74 Å². The van der Waals surface area contributed by atoms with E-state index in [1.807, 2.05) is 18.2 Å². The Labute approximate surface area is 179 Å². The highest BCUT2D eigenvalue weighted by atomic mass is 19.1. The lowest BCUT2D eigenvalue weighted by Gasteiger charge is -2.37. The molecule has 1 unspecified atom stereocenters. The zero-order valence-corrected chi connectivity index (χ0v) is 17.2. The van der Waals surface area contributed by atoms with E-state index >= 15 is 0 Å². The average Bonchev–Trinajstić information content (AvgIpc) is 2.80. The number of hydrogen-bond donors (Lipinski definition) is 2. The van der Waals surface area contributed by atoms with Crippen molar-refractivity contribution < 1.29 is 18.7 Å². The van der Waals surface area contributed by atoms with Crippen LogP contribution in [0.3, 0.4) is 0 Å². The fraction of sp³-hybridized carbons (Fsp3) is 0.318. The summed E-state index contributed by atoms with van der Waals surface area (Å²) in [6.07, 6.45) is 1.77. The lowest BCUT2D eigenvalue weighted by Crippen LogP contribution is -2.51. The highest BCUT2D eigenvalue weighted by Crippen LogP contribution is 2.28. The summed E-state index contributed by atoms with van der Waals surface area (Å²) in [6.45, 7) is 3.46. The fourth-order valence-electron chi connectivity index (χ4n) is 3.90. The molecule has 4 rings (SSSR count). The van der Waals surface area contributed by atoms with Crippen LogP contribution in [0.2, 0.25) is 0 Å². The summed E-state index contributed by atoms with van der Waals surface area (Å²) >= 11 is 0. The first-order chi connectivity index (χ1) is 15.0. The highest BCUT2D eigenvalue weighted by molar-refractivity contribution is 5.95. The van der Waals surface area contributed by atoms with Gasteiger partial charge in [0.25, 0.3) is 0 Å². The third-order valence-electron chi connectivity index (χ3n) is 5.49. The zero-order chi connectivity index (χ0) is 21.8. The van der Waals surface area contributed by atoms with Gasteiger partial charge in [0.1, 0.15) is 11.6 Å². The van der Waals surface area contributed by atoms with Crippen molar-refractivity contribution in [2.24, 2.45) is 0 Å². The molecule has 2 amide bonds. The maximum absolute atomic E-state index is 13.4. The van der Waals surface area contributed by atoms with Crippen LogP contribution < -0.4 is 15.5 Å². The van der Waals surface area contributed by atoms with Crippen LogP contribution in [-0.2, 0) is 9.53 Å². The van der Waals surface area contributed by atoms with Gasteiger partial charge in [-0.1, -0.05) is 18.2 Å². The van der Waals surface area contributed by atoms with Crippen LogP contribution in [0.5, 0.6) is 0 Å². The maximum atomic E-state index is 13.4.